The van der Waals surface area contributed by atoms with Crippen molar-refractivity contribution in [3.8, 4) is 11.1 Å². The molecule has 0 spiro atoms. The van der Waals surface area contributed by atoms with Crippen LogP contribution in [0.5, 0.6) is 0 Å². The first-order chi connectivity index (χ1) is 17.8. The van der Waals surface area contributed by atoms with Gasteiger partial charge in [0.15, 0.2) is 0 Å². The number of nitrogens with zero attached hydrogens (tertiary/aromatic N) is 4. The normalized spacial score (nSPS) is 14.6. The van der Waals surface area contributed by atoms with Crippen molar-refractivity contribution < 1.29 is 18.0 Å². The lowest BCUT2D eigenvalue weighted by Crippen LogP contribution is -2.18. The fraction of sp³-hybridized carbons (Fsp3) is 0.222. The summed E-state index contributed by atoms with van der Waals surface area (Å²) in [5.41, 5.74) is 3.58. The third-order valence-corrected chi connectivity index (χ3v) is 6.59. The minimum atomic E-state index is -4.42. The van der Waals surface area contributed by atoms with Crippen LogP contribution in [-0.2, 0) is 12.7 Å². The average molecular weight is 505 g/mol. The molecule has 0 aliphatic carbocycles. The molecule has 0 radical (unpaired) electrons. The zero-order chi connectivity index (χ0) is 25.6. The van der Waals surface area contributed by atoms with E-state index in [-0.39, 0.29) is 11.6 Å². The van der Waals surface area contributed by atoms with Crippen LogP contribution in [0.2, 0.25) is 0 Å². The molecule has 1 saturated heterocycles. The van der Waals surface area contributed by atoms with E-state index in [1.54, 1.807) is 30.5 Å². The minimum Gasteiger partial charge on any atom is -0.324 e. The molecule has 2 aromatic carbocycles. The second kappa shape index (κ2) is 9.04. The molecule has 1 aliphatic rings. The first-order valence-electron chi connectivity index (χ1n) is 12.0. The summed E-state index contributed by atoms with van der Waals surface area (Å²) in [7, 11) is 0. The van der Waals surface area contributed by atoms with Crippen molar-refractivity contribution in [2.45, 2.75) is 25.6 Å². The standard InChI is InChI=1S/C27H23F3N6O/c28-27(29,30)20-5-3-4-18(12-20)19-7-8-21-22(13-19)33-26(32-21)34-25(37)23-16-36-15-17(6-9-24(36)31-23)14-35-10-1-2-11-35/h3-9,12-13,15-16H,1-2,10-11,14H2,(H2,32,33,34,37). The number of alkyl halides is 3. The van der Waals surface area contributed by atoms with Crippen LogP contribution < -0.4 is 5.32 Å². The molecule has 4 heterocycles. The van der Waals surface area contributed by atoms with Gasteiger partial charge in [-0.3, -0.25) is 15.0 Å². The van der Waals surface area contributed by atoms with Crippen molar-refractivity contribution in [3.63, 3.8) is 0 Å². The maximum atomic E-state index is 13.1. The zero-order valence-electron chi connectivity index (χ0n) is 19.7. The van der Waals surface area contributed by atoms with Crippen LogP contribution in [0, 0.1) is 0 Å². The van der Waals surface area contributed by atoms with E-state index in [1.165, 1.54) is 18.9 Å². The molecule has 2 N–H and O–H groups in total. The van der Waals surface area contributed by atoms with E-state index in [2.05, 4.69) is 25.2 Å². The van der Waals surface area contributed by atoms with Gasteiger partial charge in [0.05, 0.1) is 16.6 Å². The summed E-state index contributed by atoms with van der Waals surface area (Å²) in [6.07, 6.45) is 1.72. The molecule has 0 unspecified atom stereocenters. The highest BCUT2D eigenvalue weighted by molar-refractivity contribution is 6.03. The second-order valence-corrected chi connectivity index (χ2v) is 9.26. The molecule has 5 aromatic rings. The zero-order valence-corrected chi connectivity index (χ0v) is 19.7. The quantitative estimate of drug-likeness (QED) is 0.320. The molecule has 1 fully saturated rings. The van der Waals surface area contributed by atoms with E-state index in [4.69, 9.17) is 0 Å². The van der Waals surface area contributed by atoms with Crippen LogP contribution in [0.4, 0.5) is 19.1 Å². The van der Waals surface area contributed by atoms with Gasteiger partial charge in [0.2, 0.25) is 5.95 Å². The Balaban J connectivity index is 1.20. The highest BCUT2D eigenvalue weighted by Crippen LogP contribution is 2.33. The van der Waals surface area contributed by atoms with Crippen molar-refractivity contribution in [2.24, 2.45) is 0 Å². The number of pyridine rings is 1. The number of anilines is 1. The number of aromatic nitrogens is 4. The number of imidazole rings is 2. The maximum absolute atomic E-state index is 13.1. The molecular weight excluding hydrogens is 481 g/mol. The molecule has 1 aliphatic heterocycles. The van der Waals surface area contributed by atoms with Gasteiger partial charge < -0.3 is 9.38 Å². The molecule has 0 saturated carbocycles. The number of carbonyl (C=O) groups excluding carboxylic acids is 1. The number of rotatable bonds is 5. The number of hydrogen-bond acceptors (Lipinski definition) is 4. The molecular formula is C27H23F3N6O. The fourth-order valence-electron chi connectivity index (χ4n) is 4.73. The van der Waals surface area contributed by atoms with E-state index in [0.717, 1.165) is 37.3 Å². The minimum absolute atomic E-state index is 0.230. The van der Waals surface area contributed by atoms with Gasteiger partial charge in [-0.05, 0) is 73.0 Å². The highest BCUT2D eigenvalue weighted by Gasteiger charge is 2.30. The van der Waals surface area contributed by atoms with Gasteiger partial charge >= 0.3 is 6.18 Å². The number of nitrogens with one attached hydrogen (secondary N) is 2. The molecule has 0 atom stereocenters. The summed E-state index contributed by atoms with van der Waals surface area (Å²) >= 11 is 0. The molecule has 188 valence electrons. The van der Waals surface area contributed by atoms with E-state index in [1.807, 2.05) is 22.7 Å². The summed E-state index contributed by atoms with van der Waals surface area (Å²) in [5.74, 6) is -0.185. The van der Waals surface area contributed by atoms with Crippen LogP contribution in [0.25, 0.3) is 27.8 Å². The van der Waals surface area contributed by atoms with Crippen LogP contribution in [0.15, 0.2) is 67.0 Å². The lowest BCUT2D eigenvalue weighted by Gasteiger charge is -2.14. The van der Waals surface area contributed by atoms with Gasteiger partial charge in [0.25, 0.3) is 5.91 Å². The molecule has 37 heavy (non-hydrogen) atoms. The van der Waals surface area contributed by atoms with Crippen molar-refractivity contribution in [1.82, 2.24) is 24.3 Å². The average Bonchev–Trinajstić information content (AvgIpc) is 3.62. The Morgan fingerprint density at radius 2 is 1.78 bits per heavy atom. The Bertz CT molecular complexity index is 1610. The van der Waals surface area contributed by atoms with Gasteiger partial charge in [-0.1, -0.05) is 24.3 Å². The van der Waals surface area contributed by atoms with Gasteiger partial charge in [-0.15, -0.1) is 0 Å². The monoisotopic (exact) mass is 504 g/mol. The fourth-order valence-corrected chi connectivity index (χ4v) is 4.73. The van der Waals surface area contributed by atoms with Crippen molar-refractivity contribution >= 4 is 28.5 Å². The van der Waals surface area contributed by atoms with E-state index >= 15 is 0 Å². The molecule has 10 heteroatoms. The molecule has 1 amide bonds. The highest BCUT2D eigenvalue weighted by atomic mass is 19.4. The van der Waals surface area contributed by atoms with Gasteiger partial charge in [0, 0.05) is 18.9 Å². The van der Waals surface area contributed by atoms with Crippen LogP contribution >= 0.6 is 0 Å². The summed E-state index contributed by atoms with van der Waals surface area (Å²) in [6, 6.07) is 14.2. The summed E-state index contributed by atoms with van der Waals surface area (Å²) < 4.78 is 41.2. The number of hydrogen-bond donors (Lipinski definition) is 2. The predicted molar refractivity (Wildman–Crippen MR) is 134 cm³/mol. The molecule has 7 nitrogen and oxygen atoms in total. The predicted octanol–water partition coefficient (Wildman–Crippen LogP) is 5.74. The van der Waals surface area contributed by atoms with Crippen LogP contribution in [0.3, 0.4) is 0 Å². The van der Waals surface area contributed by atoms with E-state index in [9.17, 15) is 18.0 Å². The number of fused-ring (bicyclic) bond motifs is 2. The Morgan fingerprint density at radius 3 is 2.59 bits per heavy atom. The maximum Gasteiger partial charge on any atom is 0.416 e. The largest absolute Gasteiger partial charge is 0.416 e. The summed E-state index contributed by atoms with van der Waals surface area (Å²) in [4.78, 5) is 27.1. The molecule has 0 bridgehead atoms. The lowest BCUT2D eigenvalue weighted by molar-refractivity contribution is -0.137. The molecule has 6 rings (SSSR count). The lowest BCUT2D eigenvalue weighted by atomic mass is 10.0. The number of likely N-dealkylation sites (tertiary alicyclic amines) is 1. The SMILES string of the molecule is O=C(Nc1nc2ccc(-c3cccc(C(F)(F)F)c3)cc2[nH]1)c1cn2cc(CN3CCCC3)ccc2n1. The first-order valence-corrected chi connectivity index (χ1v) is 12.0. The summed E-state index contributed by atoms with van der Waals surface area (Å²) in [5, 5.41) is 2.73. The van der Waals surface area contributed by atoms with E-state index in [0.29, 0.717) is 27.8 Å². The number of carbonyl (C=O) groups is 1. The Labute approximate surface area is 210 Å². The first kappa shape index (κ1) is 23.2. The van der Waals surface area contributed by atoms with Crippen molar-refractivity contribution in [2.75, 3.05) is 18.4 Å². The number of aromatic amines is 1. The number of amides is 1. The second-order valence-electron chi connectivity index (χ2n) is 9.26. The Hall–Kier alpha value is -4.18. The van der Waals surface area contributed by atoms with Gasteiger partial charge in [-0.2, -0.15) is 13.2 Å². The summed E-state index contributed by atoms with van der Waals surface area (Å²) in [6.45, 7) is 3.08. The Morgan fingerprint density at radius 1 is 0.973 bits per heavy atom. The third kappa shape index (κ3) is 4.79. The van der Waals surface area contributed by atoms with Crippen molar-refractivity contribution in [1.29, 1.82) is 0 Å². The Kier molecular flexibility index (Phi) is 5.68. The topological polar surface area (TPSA) is 78.3 Å². The number of benzene rings is 2. The van der Waals surface area contributed by atoms with Crippen LogP contribution in [-0.4, -0.2) is 43.2 Å². The smallest absolute Gasteiger partial charge is 0.324 e. The van der Waals surface area contributed by atoms with Gasteiger partial charge in [0.1, 0.15) is 11.3 Å². The van der Waals surface area contributed by atoms with Crippen LogP contribution in [0.1, 0.15) is 34.5 Å². The third-order valence-electron chi connectivity index (χ3n) is 6.59. The number of H-pyrrole nitrogens is 1. The number of halogens is 3. The van der Waals surface area contributed by atoms with Gasteiger partial charge in [-0.25, -0.2) is 9.97 Å². The van der Waals surface area contributed by atoms with E-state index < -0.39 is 17.6 Å². The van der Waals surface area contributed by atoms with Crippen molar-refractivity contribution in [3.05, 3.63) is 83.8 Å². The molecule has 3 aromatic heterocycles.